The van der Waals surface area contributed by atoms with E-state index in [-0.39, 0.29) is 38.6 Å². The Morgan fingerprint density at radius 2 is 1.85 bits per heavy atom. The number of amides is 1. The molecule has 12 heteroatoms. The van der Waals surface area contributed by atoms with Gasteiger partial charge < -0.3 is 4.90 Å². The zero-order chi connectivity index (χ0) is 23.8. The lowest BCUT2D eigenvalue weighted by molar-refractivity contribution is -0.133. The van der Waals surface area contributed by atoms with Crippen LogP contribution in [-0.2, 0) is 21.4 Å². The Morgan fingerprint density at radius 1 is 1.12 bits per heavy atom. The Balaban J connectivity index is 1.46. The Morgan fingerprint density at radius 3 is 2.55 bits per heavy atom. The van der Waals surface area contributed by atoms with Crippen molar-refractivity contribution in [3.05, 3.63) is 64.4 Å². The molecule has 1 aromatic heterocycles. The molecule has 1 aliphatic heterocycles. The number of aromatic amines is 1. The van der Waals surface area contributed by atoms with E-state index in [1.807, 2.05) is 31.2 Å². The second-order valence-corrected chi connectivity index (χ2v) is 9.96. The van der Waals surface area contributed by atoms with Crippen LogP contribution in [0.5, 0.6) is 0 Å². The lowest BCUT2D eigenvalue weighted by atomic mass is 10.1. The van der Waals surface area contributed by atoms with Crippen molar-refractivity contribution in [1.82, 2.24) is 24.0 Å². The predicted octanol–water partition coefficient (Wildman–Crippen LogP) is 2.73. The van der Waals surface area contributed by atoms with Gasteiger partial charge in [0.15, 0.2) is 10.6 Å². The van der Waals surface area contributed by atoms with Crippen molar-refractivity contribution >= 4 is 28.1 Å². The number of benzene rings is 2. The van der Waals surface area contributed by atoms with Crippen LogP contribution in [-0.4, -0.2) is 64.5 Å². The third-order valence-electron chi connectivity index (χ3n) is 5.43. The fraction of sp³-hybridized carbons (Fsp3) is 0.286. The van der Waals surface area contributed by atoms with Gasteiger partial charge in [-0.3, -0.25) is 14.5 Å². The number of rotatable bonds is 5. The average Bonchev–Trinajstić information content (AvgIpc) is 3.15. The maximum atomic E-state index is 14.0. The van der Waals surface area contributed by atoms with Gasteiger partial charge in [-0.25, -0.2) is 17.2 Å². The Labute approximate surface area is 194 Å². The van der Waals surface area contributed by atoms with Crippen LogP contribution in [0.15, 0.2) is 47.4 Å². The minimum Gasteiger partial charge on any atom is -0.338 e. The Bertz CT molecular complexity index is 1360. The van der Waals surface area contributed by atoms with E-state index in [4.69, 9.17) is 12.2 Å². The van der Waals surface area contributed by atoms with Crippen LogP contribution >= 0.6 is 12.2 Å². The average molecular weight is 494 g/mol. The van der Waals surface area contributed by atoms with Crippen LogP contribution in [0.2, 0.25) is 0 Å². The largest absolute Gasteiger partial charge is 0.338 e. The monoisotopic (exact) mass is 493 g/mol. The summed E-state index contributed by atoms with van der Waals surface area (Å²) in [7, 11) is -4.22. The molecule has 0 bridgehead atoms. The van der Waals surface area contributed by atoms with Gasteiger partial charge in [0.05, 0.1) is 0 Å². The van der Waals surface area contributed by atoms with E-state index in [1.54, 1.807) is 4.57 Å². The van der Waals surface area contributed by atoms with E-state index in [0.717, 1.165) is 27.6 Å². The molecule has 0 aliphatic carbocycles. The van der Waals surface area contributed by atoms with E-state index in [9.17, 15) is 22.0 Å². The van der Waals surface area contributed by atoms with Crippen molar-refractivity contribution in [2.45, 2.75) is 18.4 Å². The molecule has 2 heterocycles. The number of carbonyl (C=O) groups excluding carboxylic acids is 1. The lowest BCUT2D eigenvalue weighted by Gasteiger charge is -2.34. The van der Waals surface area contributed by atoms with E-state index < -0.39 is 26.6 Å². The molecule has 33 heavy (non-hydrogen) atoms. The van der Waals surface area contributed by atoms with Crippen molar-refractivity contribution in [3.8, 4) is 11.4 Å². The summed E-state index contributed by atoms with van der Waals surface area (Å²) >= 11 is 5.29. The molecule has 3 aromatic rings. The zero-order valence-electron chi connectivity index (χ0n) is 17.7. The Kier molecular flexibility index (Phi) is 6.41. The lowest BCUT2D eigenvalue weighted by Crippen LogP contribution is -2.51. The maximum Gasteiger partial charge on any atom is 0.246 e. The van der Waals surface area contributed by atoms with Gasteiger partial charge >= 0.3 is 0 Å². The summed E-state index contributed by atoms with van der Waals surface area (Å²) in [5.41, 5.74) is 1.84. The molecule has 0 radical (unpaired) electrons. The molecular formula is C21H21F2N5O3S2. The molecule has 8 nitrogen and oxygen atoms in total. The highest BCUT2D eigenvalue weighted by atomic mass is 32.2. The molecule has 1 amide bonds. The topological polar surface area (TPSA) is 91.3 Å². The van der Waals surface area contributed by atoms with Gasteiger partial charge in [-0.2, -0.15) is 9.40 Å². The fourth-order valence-electron chi connectivity index (χ4n) is 3.70. The minimum atomic E-state index is -4.22. The number of aromatic nitrogens is 3. The van der Waals surface area contributed by atoms with Crippen LogP contribution in [0, 0.1) is 23.3 Å². The number of sulfonamides is 1. The van der Waals surface area contributed by atoms with E-state index >= 15 is 0 Å². The van der Waals surface area contributed by atoms with Gasteiger partial charge in [0, 0.05) is 31.7 Å². The quantitative estimate of drug-likeness (QED) is 0.552. The van der Waals surface area contributed by atoms with Crippen molar-refractivity contribution in [2.75, 3.05) is 26.2 Å². The van der Waals surface area contributed by atoms with Crippen molar-refractivity contribution in [1.29, 1.82) is 0 Å². The van der Waals surface area contributed by atoms with Gasteiger partial charge in [0.25, 0.3) is 0 Å². The molecule has 0 atom stereocenters. The van der Waals surface area contributed by atoms with Crippen LogP contribution in [0.25, 0.3) is 11.4 Å². The highest BCUT2D eigenvalue weighted by Gasteiger charge is 2.32. The van der Waals surface area contributed by atoms with Crippen LogP contribution in [0.3, 0.4) is 0 Å². The maximum absolute atomic E-state index is 14.0. The summed E-state index contributed by atoms with van der Waals surface area (Å²) in [6, 6.07) is 9.93. The summed E-state index contributed by atoms with van der Waals surface area (Å²) < 4.78 is 55.9. The minimum absolute atomic E-state index is 0.0362. The summed E-state index contributed by atoms with van der Waals surface area (Å²) in [5, 5.41) is 6.95. The van der Waals surface area contributed by atoms with Crippen molar-refractivity contribution in [2.24, 2.45) is 0 Å². The number of carbonyl (C=O) groups is 1. The van der Waals surface area contributed by atoms with Gasteiger partial charge in [0.1, 0.15) is 23.1 Å². The smallest absolute Gasteiger partial charge is 0.246 e. The highest BCUT2D eigenvalue weighted by molar-refractivity contribution is 7.89. The van der Waals surface area contributed by atoms with Crippen molar-refractivity contribution in [3.63, 3.8) is 0 Å². The molecular weight excluding hydrogens is 472 g/mol. The number of H-pyrrole nitrogens is 1. The first-order valence-electron chi connectivity index (χ1n) is 10.1. The number of hydrogen-bond acceptors (Lipinski definition) is 5. The summed E-state index contributed by atoms with van der Waals surface area (Å²) in [4.78, 5) is 13.7. The first kappa shape index (κ1) is 23.2. The molecule has 0 spiro atoms. The SMILES string of the molecule is Cc1cccc(-c2n[nH]c(=S)n2CC(=O)N2CCN(S(=O)(=O)c3cc(F)ccc3F)CC2)c1. The van der Waals surface area contributed by atoms with Crippen LogP contribution in [0.1, 0.15) is 5.56 Å². The molecule has 1 aliphatic rings. The molecule has 1 fully saturated rings. The number of aryl methyl sites for hydroxylation is 1. The second kappa shape index (κ2) is 9.12. The Hall–Kier alpha value is -2.96. The van der Waals surface area contributed by atoms with Crippen LogP contribution in [0.4, 0.5) is 8.78 Å². The third kappa shape index (κ3) is 4.72. The van der Waals surface area contributed by atoms with Crippen molar-refractivity contribution < 1.29 is 22.0 Å². The first-order chi connectivity index (χ1) is 15.7. The molecule has 4 rings (SSSR count). The summed E-state index contributed by atoms with van der Waals surface area (Å²) in [6.45, 7) is 2.03. The van der Waals surface area contributed by atoms with Gasteiger partial charge in [-0.15, -0.1) is 0 Å². The predicted molar refractivity (Wildman–Crippen MR) is 119 cm³/mol. The standard InChI is InChI=1S/C21H21F2N5O3S2/c1-14-3-2-4-15(11-14)20-24-25-21(32)28(20)13-19(29)26-7-9-27(10-8-26)33(30,31)18-12-16(22)5-6-17(18)23/h2-6,11-12H,7-10,13H2,1H3,(H,25,32). The van der Waals surface area contributed by atoms with E-state index in [0.29, 0.717) is 16.7 Å². The van der Waals surface area contributed by atoms with E-state index in [2.05, 4.69) is 10.2 Å². The highest BCUT2D eigenvalue weighted by Crippen LogP contribution is 2.22. The van der Waals surface area contributed by atoms with E-state index in [1.165, 1.54) is 4.90 Å². The number of piperazine rings is 1. The van der Waals surface area contributed by atoms with Gasteiger partial charge in [-0.1, -0.05) is 23.8 Å². The fourth-order valence-corrected chi connectivity index (χ4v) is 5.39. The summed E-state index contributed by atoms with van der Waals surface area (Å²) in [5.74, 6) is -1.59. The number of hydrogen-bond donors (Lipinski definition) is 1. The molecule has 1 saturated heterocycles. The zero-order valence-corrected chi connectivity index (χ0v) is 19.3. The molecule has 2 aromatic carbocycles. The molecule has 174 valence electrons. The summed E-state index contributed by atoms with van der Waals surface area (Å²) in [6.07, 6.45) is 0. The number of halogens is 2. The normalized spacial score (nSPS) is 15.1. The van der Waals surface area contributed by atoms with Gasteiger partial charge in [0.2, 0.25) is 15.9 Å². The molecule has 0 saturated carbocycles. The third-order valence-corrected chi connectivity index (χ3v) is 7.66. The number of nitrogens with one attached hydrogen (secondary N) is 1. The number of nitrogens with zero attached hydrogens (tertiary/aromatic N) is 4. The molecule has 1 N–H and O–H groups in total. The molecule has 0 unspecified atom stereocenters. The first-order valence-corrected chi connectivity index (χ1v) is 12.0. The second-order valence-electron chi connectivity index (χ2n) is 7.67. The van der Waals surface area contributed by atoms with Gasteiger partial charge in [-0.05, 0) is 43.4 Å². The van der Waals surface area contributed by atoms with Crippen LogP contribution < -0.4 is 0 Å².